The van der Waals surface area contributed by atoms with Gasteiger partial charge in [0.2, 0.25) is 9.84 Å². The molecule has 7 heteroatoms. The van der Waals surface area contributed by atoms with E-state index >= 15 is 0 Å². The minimum atomic E-state index is -3.61. The second-order valence-electron chi connectivity index (χ2n) is 6.74. The molecule has 0 aromatic heterocycles. The molecule has 0 unspecified atom stereocenters. The Balaban J connectivity index is 1.92. The predicted octanol–water partition coefficient (Wildman–Crippen LogP) is 3.84. The van der Waals surface area contributed by atoms with Crippen LogP contribution >= 0.6 is 0 Å². The number of carbonyl (C=O) groups excluding carboxylic acids is 2. The summed E-state index contributed by atoms with van der Waals surface area (Å²) < 4.78 is 35.6. The molecule has 0 saturated carbocycles. The van der Waals surface area contributed by atoms with E-state index in [1.165, 1.54) is 0 Å². The van der Waals surface area contributed by atoms with Gasteiger partial charge in [-0.15, -0.1) is 0 Å². The summed E-state index contributed by atoms with van der Waals surface area (Å²) in [4.78, 5) is 22.5. The van der Waals surface area contributed by atoms with Gasteiger partial charge in [0.1, 0.15) is 0 Å². The molecule has 6 nitrogen and oxygen atoms in total. The van der Waals surface area contributed by atoms with Crippen LogP contribution in [0.1, 0.15) is 24.0 Å². The van der Waals surface area contributed by atoms with E-state index < -0.39 is 21.8 Å². The molecule has 2 rings (SSSR count). The number of aryl methyl sites for hydroxylation is 2. The van der Waals surface area contributed by atoms with Crippen LogP contribution in [0.4, 0.5) is 0 Å². The molecule has 0 fully saturated rings. The number of sulfone groups is 1. The van der Waals surface area contributed by atoms with Crippen LogP contribution in [-0.2, 0) is 41.7 Å². The number of hydrogen-bond donors (Lipinski definition) is 0. The summed E-state index contributed by atoms with van der Waals surface area (Å²) in [5.74, 6) is -0.910. The van der Waals surface area contributed by atoms with Gasteiger partial charge in [0, 0.05) is 12.2 Å². The van der Waals surface area contributed by atoms with Crippen LogP contribution in [0.25, 0.3) is 0 Å². The molecule has 0 saturated heterocycles. The van der Waals surface area contributed by atoms with Gasteiger partial charge in [0.15, 0.2) is 0 Å². The van der Waals surface area contributed by atoms with Gasteiger partial charge in [-0.25, -0.2) is 18.0 Å². The maximum Gasteiger partial charge on any atom is 0.330 e. The molecule has 2 aromatic carbocycles. The van der Waals surface area contributed by atoms with Crippen molar-refractivity contribution in [1.82, 2.24) is 0 Å². The summed E-state index contributed by atoms with van der Waals surface area (Å²) in [6.45, 7) is 7.24. The van der Waals surface area contributed by atoms with Gasteiger partial charge < -0.3 is 9.47 Å². The van der Waals surface area contributed by atoms with Gasteiger partial charge in [-0.2, -0.15) is 0 Å². The van der Waals surface area contributed by atoms with E-state index in [-0.39, 0.29) is 23.0 Å². The lowest BCUT2D eigenvalue weighted by Crippen LogP contribution is -2.04. The molecule has 164 valence electrons. The van der Waals surface area contributed by atoms with E-state index in [4.69, 9.17) is 9.47 Å². The van der Waals surface area contributed by atoms with Crippen molar-refractivity contribution >= 4 is 21.8 Å². The number of rotatable bonds is 12. The molecule has 31 heavy (non-hydrogen) atoms. The van der Waals surface area contributed by atoms with Gasteiger partial charge in [-0.3, -0.25) is 0 Å². The number of hydrogen-bond acceptors (Lipinski definition) is 6. The highest BCUT2D eigenvalue weighted by atomic mass is 32.2. The summed E-state index contributed by atoms with van der Waals surface area (Å²) in [6, 6.07) is 13.4. The number of esters is 2. The minimum absolute atomic E-state index is 0.221. The molecule has 0 amide bonds. The molecule has 0 aliphatic carbocycles. The van der Waals surface area contributed by atoms with Crippen LogP contribution < -0.4 is 0 Å². The zero-order valence-corrected chi connectivity index (χ0v) is 18.1. The van der Waals surface area contributed by atoms with E-state index in [0.29, 0.717) is 25.7 Å². The minimum Gasteiger partial charge on any atom is -0.463 e. The smallest absolute Gasteiger partial charge is 0.330 e. The van der Waals surface area contributed by atoms with Gasteiger partial charge >= 0.3 is 11.9 Å². The van der Waals surface area contributed by atoms with Gasteiger partial charge in [0.05, 0.1) is 23.0 Å². The fourth-order valence-electron chi connectivity index (χ4n) is 2.82. The standard InChI is InChI=1S/C24H26O6S/c1-3-23(25)29-17-5-7-19-9-13-21(14-10-19)31(27,28)22-15-11-20(12-16-22)8-6-18-30-24(26)4-2/h3-4,9-16H,1-2,5-8,17-18H2. The fourth-order valence-corrected chi connectivity index (χ4v) is 4.08. The molecule has 0 heterocycles. The van der Waals surface area contributed by atoms with E-state index in [1.807, 2.05) is 0 Å². The molecule has 0 aliphatic heterocycles. The zero-order chi connectivity index (χ0) is 22.7. The topological polar surface area (TPSA) is 86.7 Å². The van der Waals surface area contributed by atoms with Gasteiger partial charge in [-0.1, -0.05) is 37.4 Å². The molecule has 0 aliphatic rings. The van der Waals surface area contributed by atoms with Crippen LogP contribution in [-0.4, -0.2) is 33.6 Å². The van der Waals surface area contributed by atoms with Gasteiger partial charge in [0.25, 0.3) is 0 Å². The van der Waals surface area contributed by atoms with Crippen LogP contribution in [0.5, 0.6) is 0 Å². The van der Waals surface area contributed by atoms with Crippen molar-refractivity contribution in [3.05, 3.63) is 85.0 Å². The average Bonchev–Trinajstić information content (AvgIpc) is 2.79. The predicted molar refractivity (Wildman–Crippen MR) is 117 cm³/mol. The highest BCUT2D eigenvalue weighted by Gasteiger charge is 2.17. The van der Waals surface area contributed by atoms with Crippen molar-refractivity contribution < 1.29 is 27.5 Å². The van der Waals surface area contributed by atoms with Crippen molar-refractivity contribution in [3.63, 3.8) is 0 Å². The third-order valence-corrected chi connectivity index (χ3v) is 6.29. The van der Waals surface area contributed by atoms with Crippen LogP contribution in [0.3, 0.4) is 0 Å². The molecule has 0 spiro atoms. The van der Waals surface area contributed by atoms with Crippen LogP contribution in [0, 0.1) is 0 Å². The normalized spacial score (nSPS) is 10.8. The summed E-state index contributed by atoms with van der Waals surface area (Å²) in [5.41, 5.74) is 1.92. The summed E-state index contributed by atoms with van der Waals surface area (Å²) in [6.07, 6.45) is 4.85. The van der Waals surface area contributed by atoms with Crippen molar-refractivity contribution in [2.75, 3.05) is 13.2 Å². The monoisotopic (exact) mass is 442 g/mol. The van der Waals surface area contributed by atoms with Crippen molar-refractivity contribution in [1.29, 1.82) is 0 Å². The van der Waals surface area contributed by atoms with E-state index in [9.17, 15) is 18.0 Å². The largest absolute Gasteiger partial charge is 0.463 e. The molecule has 0 bridgehead atoms. The Labute approximate surface area is 183 Å². The average molecular weight is 443 g/mol. The van der Waals surface area contributed by atoms with E-state index in [0.717, 1.165) is 23.3 Å². The van der Waals surface area contributed by atoms with Crippen molar-refractivity contribution in [2.45, 2.75) is 35.5 Å². The number of benzene rings is 2. The second-order valence-corrected chi connectivity index (χ2v) is 8.69. The Bertz CT molecular complexity index is 928. The van der Waals surface area contributed by atoms with Crippen LogP contribution in [0.15, 0.2) is 83.6 Å². The first-order chi connectivity index (χ1) is 14.9. The Morgan fingerprint density at radius 2 is 1.06 bits per heavy atom. The SMILES string of the molecule is C=CC(=O)OCCCc1ccc(S(=O)(=O)c2ccc(CCCOC(=O)C=C)cc2)cc1. The van der Waals surface area contributed by atoms with Crippen LogP contribution in [0.2, 0.25) is 0 Å². The Kier molecular flexibility index (Phi) is 9.21. The lowest BCUT2D eigenvalue weighted by molar-refractivity contribution is -0.138. The zero-order valence-electron chi connectivity index (χ0n) is 17.3. The maximum atomic E-state index is 12.9. The summed E-state index contributed by atoms with van der Waals surface area (Å²) in [7, 11) is -3.61. The molecular formula is C24H26O6S. The first-order valence-electron chi connectivity index (χ1n) is 9.88. The fraction of sp³-hybridized carbons (Fsp3) is 0.250. The van der Waals surface area contributed by atoms with Crippen molar-refractivity contribution in [3.8, 4) is 0 Å². The van der Waals surface area contributed by atoms with E-state index in [2.05, 4.69) is 13.2 Å². The molecule has 0 atom stereocenters. The lowest BCUT2D eigenvalue weighted by atomic mass is 10.1. The molecule has 0 N–H and O–H groups in total. The first-order valence-corrected chi connectivity index (χ1v) is 11.4. The van der Waals surface area contributed by atoms with Gasteiger partial charge in [-0.05, 0) is 61.1 Å². The van der Waals surface area contributed by atoms with E-state index in [1.54, 1.807) is 48.5 Å². The Morgan fingerprint density at radius 1 is 0.710 bits per heavy atom. The van der Waals surface area contributed by atoms with Crippen molar-refractivity contribution in [2.24, 2.45) is 0 Å². The third kappa shape index (κ3) is 7.53. The molecule has 2 aromatic rings. The Morgan fingerprint density at radius 3 is 1.39 bits per heavy atom. The highest BCUT2D eigenvalue weighted by Crippen LogP contribution is 2.22. The number of carbonyl (C=O) groups is 2. The molecular weight excluding hydrogens is 416 g/mol. The summed E-state index contributed by atoms with van der Waals surface area (Å²) >= 11 is 0. The maximum absolute atomic E-state index is 12.9. The third-order valence-electron chi connectivity index (χ3n) is 4.51. The summed E-state index contributed by atoms with van der Waals surface area (Å²) in [5, 5.41) is 0. The Hall–Kier alpha value is -3.19. The molecule has 0 radical (unpaired) electrons. The number of ether oxygens (including phenoxy) is 2. The highest BCUT2D eigenvalue weighted by molar-refractivity contribution is 7.91. The first kappa shape index (κ1) is 24.1. The quantitative estimate of drug-likeness (QED) is 0.282. The second kappa shape index (κ2) is 11.9. The lowest BCUT2D eigenvalue weighted by Gasteiger charge is -2.08.